The van der Waals surface area contributed by atoms with Crippen LogP contribution in [0, 0.1) is 5.92 Å². The molecule has 0 atom stereocenters. The topological polar surface area (TPSA) is 43.7 Å². The number of benzene rings is 1. The van der Waals surface area contributed by atoms with Crippen LogP contribution in [0.15, 0.2) is 24.3 Å². The minimum atomic E-state index is -1.38. The maximum atomic E-state index is 9.40. The fourth-order valence-electron chi connectivity index (χ4n) is 3.01. The van der Waals surface area contributed by atoms with Crippen molar-refractivity contribution in [3.8, 4) is 0 Å². The van der Waals surface area contributed by atoms with E-state index in [1.807, 2.05) is 18.2 Å². The largest absolute Gasteiger partial charge is 0.488 e. The molecule has 2 N–H and O–H groups in total. The molecule has 0 bridgehead atoms. The van der Waals surface area contributed by atoms with E-state index in [2.05, 4.69) is 18.9 Å². The van der Waals surface area contributed by atoms with Crippen molar-refractivity contribution in [1.82, 2.24) is 4.90 Å². The van der Waals surface area contributed by atoms with Crippen molar-refractivity contribution >= 4 is 12.6 Å². The standard InChI is InChI=1S/C15H24BNO2/c1-12-7-9-14(10-8-12)17(2)11-13-5-3-4-6-15(13)16(18)19/h3-6,12,14,18-19H,7-11H2,1-2H3. The van der Waals surface area contributed by atoms with Gasteiger partial charge in [-0.15, -0.1) is 0 Å². The van der Waals surface area contributed by atoms with Crippen LogP contribution in [-0.4, -0.2) is 35.2 Å². The average molecular weight is 261 g/mol. The van der Waals surface area contributed by atoms with E-state index in [9.17, 15) is 10.0 Å². The zero-order valence-electron chi connectivity index (χ0n) is 11.9. The lowest BCUT2D eigenvalue weighted by molar-refractivity contribution is 0.164. The van der Waals surface area contributed by atoms with Gasteiger partial charge in [-0.3, -0.25) is 4.90 Å². The molecule has 4 heteroatoms. The number of hydrogen-bond acceptors (Lipinski definition) is 3. The molecule has 0 spiro atoms. The molecule has 0 aliphatic heterocycles. The molecular formula is C15H24BNO2. The van der Waals surface area contributed by atoms with E-state index in [-0.39, 0.29) is 0 Å². The summed E-state index contributed by atoms with van der Waals surface area (Å²) in [5, 5.41) is 18.8. The van der Waals surface area contributed by atoms with E-state index in [4.69, 9.17) is 0 Å². The van der Waals surface area contributed by atoms with Crippen LogP contribution >= 0.6 is 0 Å². The van der Waals surface area contributed by atoms with Crippen LogP contribution in [-0.2, 0) is 6.54 Å². The summed E-state index contributed by atoms with van der Waals surface area (Å²) >= 11 is 0. The molecule has 0 radical (unpaired) electrons. The minimum absolute atomic E-state index is 0.624. The first kappa shape index (κ1) is 14.6. The highest BCUT2D eigenvalue weighted by molar-refractivity contribution is 6.59. The normalized spacial score (nSPS) is 23.6. The Balaban J connectivity index is 2.00. The Morgan fingerprint density at radius 2 is 1.79 bits per heavy atom. The van der Waals surface area contributed by atoms with Gasteiger partial charge in [0, 0.05) is 12.6 Å². The van der Waals surface area contributed by atoms with Gasteiger partial charge in [-0.1, -0.05) is 31.2 Å². The maximum absolute atomic E-state index is 9.40. The quantitative estimate of drug-likeness (QED) is 0.805. The fourth-order valence-corrected chi connectivity index (χ4v) is 3.01. The Hall–Kier alpha value is -0.835. The molecule has 0 aromatic heterocycles. The van der Waals surface area contributed by atoms with Gasteiger partial charge in [0.1, 0.15) is 0 Å². The maximum Gasteiger partial charge on any atom is 0.488 e. The second kappa shape index (κ2) is 6.55. The smallest absolute Gasteiger partial charge is 0.423 e. The van der Waals surface area contributed by atoms with Crippen LogP contribution in [0.25, 0.3) is 0 Å². The molecule has 1 aromatic rings. The second-order valence-corrected chi connectivity index (χ2v) is 5.90. The molecular weight excluding hydrogens is 237 g/mol. The summed E-state index contributed by atoms with van der Waals surface area (Å²) in [6.45, 7) is 3.11. The summed E-state index contributed by atoms with van der Waals surface area (Å²) in [7, 11) is 0.761. The number of hydrogen-bond donors (Lipinski definition) is 2. The summed E-state index contributed by atoms with van der Waals surface area (Å²) in [6, 6.07) is 8.20. The molecule has 19 heavy (non-hydrogen) atoms. The lowest BCUT2D eigenvalue weighted by Crippen LogP contribution is -2.39. The Kier molecular flexibility index (Phi) is 5.02. The fraction of sp³-hybridized carbons (Fsp3) is 0.600. The van der Waals surface area contributed by atoms with Crippen molar-refractivity contribution in [2.75, 3.05) is 7.05 Å². The Labute approximate surface area is 116 Å². The third kappa shape index (κ3) is 3.82. The van der Waals surface area contributed by atoms with Gasteiger partial charge in [0.25, 0.3) is 0 Å². The van der Waals surface area contributed by atoms with Gasteiger partial charge < -0.3 is 10.0 Å². The van der Waals surface area contributed by atoms with Crippen molar-refractivity contribution in [3.63, 3.8) is 0 Å². The van der Waals surface area contributed by atoms with Crippen molar-refractivity contribution < 1.29 is 10.0 Å². The van der Waals surface area contributed by atoms with Gasteiger partial charge in [0.05, 0.1) is 0 Å². The Morgan fingerprint density at radius 1 is 1.16 bits per heavy atom. The molecule has 1 fully saturated rings. The Morgan fingerprint density at radius 3 is 2.42 bits per heavy atom. The van der Waals surface area contributed by atoms with Crippen LogP contribution < -0.4 is 5.46 Å². The highest BCUT2D eigenvalue weighted by Crippen LogP contribution is 2.27. The molecule has 0 unspecified atom stereocenters. The van der Waals surface area contributed by atoms with Gasteiger partial charge in [0.15, 0.2) is 0 Å². The van der Waals surface area contributed by atoms with E-state index >= 15 is 0 Å². The first-order valence-corrected chi connectivity index (χ1v) is 7.22. The van der Waals surface area contributed by atoms with Crippen molar-refractivity contribution in [2.24, 2.45) is 5.92 Å². The van der Waals surface area contributed by atoms with Crippen LogP contribution in [0.4, 0.5) is 0 Å². The van der Waals surface area contributed by atoms with Crippen molar-refractivity contribution in [1.29, 1.82) is 0 Å². The van der Waals surface area contributed by atoms with Gasteiger partial charge in [-0.25, -0.2) is 0 Å². The third-order valence-electron chi connectivity index (χ3n) is 4.36. The van der Waals surface area contributed by atoms with Crippen LogP contribution in [0.2, 0.25) is 0 Å². The minimum Gasteiger partial charge on any atom is -0.423 e. The predicted molar refractivity (Wildman–Crippen MR) is 79.2 cm³/mol. The van der Waals surface area contributed by atoms with Crippen molar-refractivity contribution in [3.05, 3.63) is 29.8 Å². The number of rotatable bonds is 4. The predicted octanol–water partition coefficient (Wildman–Crippen LogP) is 1.38. The molecule has 1 aliphatic carbocycles. The summed E-state index contributed by atoms with van der Waals surface area (Å²) in [5.74, 6) is 0.858. The lowest BCUT2D eigenvalue weighted by Gasteiger charge is -2.34. The molecule has 3 nitrogen and oxygen atoms in total. The first-order chi connectivity index (χ1) is 9.08. The third-order valence-corrected chi connectivity index (χ3v) is 4.36. The van der Waals surface area contributed by atoms with E-state index < -0.39 is 7.12 Å². The molecule has 2 rings (SSSR count). The van der Waals surface area contributed by atoms with E-state index in [0.29, 0.717) is 11.5 Å². The monoisotopic (exact) mass is 261 g/mol. The van der Waals surface area contributed by atoms with Crippen molar-refractivity contribution in [2.45, 2.75) is 45.2 Å². The van der Waals surface area contributed by atoms with E-state index in [1.165, 1.54) is 25.7 Å². The van der Waals surface area contributed by atoms with Gasteiger partial charge in [0.2, 0.25) is 0 Å². The molecule has 104 valence electrons. The van der Waals surface area contributed by atoms with E-state index in [0.717, 1.165) is 18.0 Å². The highest BCUT2D eigenvalue weighted by Gasteiger charge is 2.23. The summed E-state index contributed by atoms with van der Waals surface area (Å²) in [4.78, 5) is 2.35. The second-order valence-electron chi connectivity index (χ2n) is 5.90. The zero-order chi connectivity index (χ0) is 13.8. The van der Waals surface area contributed by atoms with Crippen LogP contribution in [0.1, 0.15) is 38.2 Å². The molecule has 0 saturated heterocycles. The first-order valence-electron chi connectivity index (χ1n) is 7.22. The Bertz CT molecular complexity index is 403. The number of nitrogens with zero attached hydrogens (tertiary/aromatic N) is 1. The molecule has 0 heterocycles. The van der Waals surface area contributed by atoms with Gasteiger partial charge >= 0.3 is 7.12 Å². The van der Waals surface area contributed by atoms with Gasteiger partial charge in [-0.2, -0.15) is 0 Å². The average Bonchev–Trinajstić information content (AvgIpc) is 2.39. The molecule has 0 amide bonds. The summed E-state index contributed by atoms with van der Waals surface area (Å²) in [5.41, 5.74) is 1.64. The summed E-state index contributed by atoms with van der Waals surface area (Å²) < 4.78 is 0. The SMILES string of the molecule is CC1CCC(N(C)Cc2ccccc2B(O)O)CC1. The lowest BCUT2D eigenvalue weighted by atomic mass is 9.77. The van der Waals surface area contributed by atoms with Crippen LogP contribution in [0.5, 0.6) is 0 Å². The summed E-state index contributed by atoms with van der Waals surface area (Å²) in [6.07, 6.45) is 5.11. The zero-order valence-corrected chi connectivity index (χ0v) is 11.9. The molecule has 1 aromatic carbocycles. The molecule has 1 saturated carbocycles. The van der Waals surface area contributed by atoms with Gasteiger partial charge in [-0.05, 0) is 49.7 Å². The van der Waals surface area contributed by atoms with Crippen LogP contribution in [0.3, 0.4) is 0 Å². The highest BCUT2D eigenvalue weighted by atomic mass is 16.4. The van der Waals surface area contributed by atoms with E-state index in [1.54, 1.807) is 6.07 Å². The molecule has 1 aliphatic rings.